The average Bonchev–Trinajstić information content (AvgIpc) is 3.25. The predicted octanol–water partition coefficient (Wildman–Crippen LogP) is 6.13. The number of benzene rings is 3. The molecule has 0 amide bonds. The zero-order valence-corrected chi connectivity index (χ0v) is 18.8. The van der Waals surface area contributed by atoms with Gasteiger partial charge in [0.05, 0.1) is 25.0 Å². The average molecular weight is 449 g/mol. The van der Waals surface area contributed by atoms with Crippen LogP contribution >= 0.6 is 11.6 Å². The fourth-order valence-corrected chi connectivity index (χ4v) is 4.40. The van der Waals surface area contributed by atoms with E-state index in [1.54, 1.807) is 0 Å². The molecule has 32 heavy (non-hydrogen) atoms. The Bertz CT molecular complexity index is 1150. The van der Waals surface area contributed by atoms with Gasteiger partial charge in [0.2, 0.25) is 0 Å². The van der Waals surface area contributed by atoms with Gasteiger partial charge in [-0.25, -0.2) is 0 Å². The molecule has 0 saturated carbocycles. The summed E-state index contributed by atoms with van der Waals surface area (Å²) in [6.07, 6.45) is 1.86. The molecule has 0 aromatic heterocycles. The molecule has 0 radical (unpaired) electrons. The SMILES string of the molecule is CCOc1ccc(C2=CC3c4cccc(OCC)c4OC(c4cccc(Cl)c4)N3N2)cc1. The highest BCUT2D eigenvalue weighted by molar-refractivity contribution is 6.30. The van der Waals surface area contributed by atoms with Crippen molar-refractivity contribution in [2.24, 2.45) is 0 Å². The van der Waals surface area contributed by atoms with Crippen molar-refractivity contribution in [3.63, 3.8) is 0 Å². The van der Waals surface area contributed by atoms with Crippen LogP contribution in [0.4, 0.5) is 0 Å². The molecule has 0 bridgehead atoms. The molecule has 2 atom stereocenters. The van der Waals surface area contributed by atoms with Gasteiger partial charge in [-0.1, -0.05) is 35.9 Å². The Morgan fingerprint density at radius 2 is 1.75 bits per heavy atom. The number of hydrogen-bond donors (Lipinski definition) is 1. The minimum Gasteiger partial charge on any atom is -0.494 e. The summed E-state index contributed by atoms with van der Waals surface area (Å²) in [7, 11) is 0. The van der Waals surface area contributed by atoms with Crippen molar-refractivity contribution in [2.45, 2.75) is 26.1 Å². The van der Waals surface area contributed by atoms with Crippen LogP contribution in [0.15, 0.2) is 72.8 Å². The lowest BCUT2D eigenvalue weighted by molar-refractivity contribution is -0.0345. The quantitative estimate of drug-likeness (QED) is 0.491. The third kappa shape index (κ3) is 3.78. The van der Waals surface area contributed by atoms with Crippen LogP contribution in [0, 0.1) is 0 Å². The van der Waals surface area contributed by atoms with E-state index < -0.39 is 0 Å². The van der Waals surface area contributed by atoms with Crippen LogP contribution in [0.5, 0.6) is 17.2 Å². The largest absolute Gasteiger partial charge is 0.494 e. The maximum atomic E-state index is 6.53. The first kappa shape index (κ1) is 20.7. The maximum absolute atomic E-state index is 6.53. The van der Waals surface area contributed by atoms with Crippen molar-refractivity contribution in [1.82, 2.24) is 10.4 Å². The normalized spacial score (nSPS) is 19.3. The first-order valence-electron chi connectivity index (χ1n) is 10.9. The predicted molar refractivity (Wildman–Crippen MR) is 126 cm³/mol. The van der Waals surface area contributed by atoms with Gasteiger partial charge >= 0.3 is 0 Å². The van der Waals surface area contributed by atoms with Crippen LogP contribution in [-0.4, -0.2) is 18.2 Å². The molecule has 2 aliphatic rings. The number of fused-ring (bicyclic) bond motifs is 3. The summed E-state index contributed by atoms with van der Waals surface area (Å²) in [6.45, 7) is 5.18. The van der Waals surface area contributed by atoms with Gasteiger partial charge in [0.25, 0.3) is 0 Å². The first-order chi connectivity index (χ1) is 15.7. The van der Waals surface area contributed by atoms with E-state index in [1.807, 2.05) is 62.4 Å². The Labute approximate surface area is 193 Å². The molecule has 5 nitrogen and oxygen atoms in total. The number of para-hydroxylation sites is 1. The van der Waals surface area contributed by atoms with Crippen molar-refractivity contribution in [3.05, 3.63) is 94.5 Å². The van der Waals surface area contributed by atoms with Gasteiger partial charge in [-0.2, -0.15) is 5.01 Å². The number of nitrogens with zero attached hydrogens (tertiary/aromatic N) is 1. The van der Waals surface area contributed by atoms with Crippen LogP contribution in [0.2, 0.25) is 5.02 Å². The summed E-state index contributed by atoms with van der Waals surface area (Å²) >= 11 is 6.31. The van der Waals surface area contributed by atoms with Crippen LogP contribution in [-0.2, 0) is 0 Å². The summed E-state index contributed by atoms with van der Waals surface area (Å²) in [5, 5.41) is 2.79. The molecule has 2 unspecified atom stereocenters. The molecular formula is C26H25ClN2O3. The molecule has 2 aliphatic heterocycles. The lowest BCUT2D eigenvalue weighted by atomic mass is 10.00. The van der Waals surface area contributed by atoms with Gasteiger partial charge in [-0.05, 0) is 68.0 Å². The van der Waals surface area contributed by atoms with Crippen molar-refractivity contribution >= 4 is 17.3 Å². The highest BCUT2D eigenvalue weighted by atomic mass is 35.5. The zero-order chi connectivity index (χ0) is 22.1. The summed E-state index contributed by atoms with van der Waals surface area (Å²) in [5.41, 5.74) is 7.69. The Kier molecular flexibility index (Phi) is 5.68. The standard InChI is InChI=1S/C26H25ClN2O3/c1-3-30-20-13-11-17(12-14-20)22-16-23-21-9-6-10-24(31-4-2)25(21)32-26(29(23)28-22)18-7-5-8-19(27)15-18/h5-16,23,26,28H,3-4H2,1-2H3. The second-order valence-electron chi connectivity index (χ2n) is 7.63. The fourth-order valence-electron chi connectivity index (χ4n) is 4.20. The van der Waals surface area contributed by atoms with Gasteiger partial charge in [-0.3, -0.25) is 0 Å². The minimum absolute atomic E-state index is 0.0234. The number of nitrogens with one attached hydrogen (secondary N) is 1. The van der Waals surface area contributed by atoms with Crippen molar-refractivity contribution in [2.75, 3.05) is 13.2 Å². The number of halogens is 1. The Hall–Kier alpha value is -3.15. The third-order valence-electron chi connectivity index (χ3n) is 5.59. The zero-order valence-electron chi connectivity index (χ0n) is 18.0. The lowest BCUT2D eigenvalue weighted by Crippen LogP contribution is -2.43. The molecule has 2 heterocycles. The molecule has 1 N–H and O–H groups in total. The number of ether oxygens (including phenoxy) is 3. The van der Waals surface area contributed by atoms with E-state index in [-0.39, 0.29) is 12.3 Å². The Morgan fingerprint density at radius 3 is 2.50 bits per heavy atom. The minimum atomic E-state index is -0.371. The third-order valence-corrected chi connectivity index (χ3v) is 5.83. The highest BCUT2D eigenvalue weighted by Gasteiger charge is 2.41. The molecule has 6 heteroatoms. The Balaban J connectivity index is 1.56. The molecule has 3 aromatic carbocycles. The Morgan fingerprint density at radius 1 is 0.969 bits per heavy atom. The molecule has 0 fully saturated rings. The molecule has 164 valence electrons. The lowest BCUT2D eigenvalue weighted by Gasteiger charge is -2.39. The van der Waals surface area contributed by atoms with Gasteiger partial charge in [0.1, 0.15) is 5.75 Å². The van der Waals surface area contributed by atoms with E-state index in [9.17, 15) is 0 Å². The van der Waals surface area contributed by atoms with Gasteiger partial charge in [0, 0.05) is 16.1 Å². The summed E-state index contributed by atoms with van der Waals surface area (Å²) in [5.74, 6) is 2.38. The summed E-state index contributed by atoms with van der Waals surface area (Å²) in [6, 6.07) is 21.9. The van der Waals surface area contributed by atoms with E-state index in [0.29, 0.717) is 18.2 Å². The molecule has 0 saturated heterocycles. The first-order valence-corrected chi connectivity index (χ1v) is 11.2. The van der Waals surface area contributed by atoms with Gasteiger partial charge in [-0.15, -0.1) is 0 Å². The van der Waals surface area contributed by atoms with Crippen LogP contribution in [0.25, 0.3) is 5.70 Å². The second kappa shape index (κ2) is 8.77. The molecule has 3 aromatic rings. The van der Waals surface area contributed by atoms with E-state index in [1.165, 1.54) is 0 Å². The van der Waals surface area contributed by atoms with Crippen LogP contribution in [0.1, 0.15) is 42.8 Å². The topological polar surface area (TPSA) is 43.0 Å². The molecular weight excluding hydrogens is 424 g/mol. The van der Waals surface area contributed by atoms with E-state index in [0.717, 1.165) is 39.6 Å². The van der Waals surface area contributed by atoms with Crippen molar-refractivity contribution < 1.29 is 14.2 Å². The van der Waals surface area contributed by atoms with E-state index in [2.05, 4.69) is 34.7 Å². The van der Waals surface area contributed by atoms with E-state index >= 15 is 0 Å². The van der Waals surface area contributed by atoms with Crippen LogP contribution < -0.4 is 19.6 Å². The van der Waals surface area contributed by atoms with E-state index in [4.69, 9.17) is 25.8 Å². The smallest absolute Gasteiger partial charge is 0.196 e. The van der Waals surface area contributed by atoms with Crippen molar-refractivity contribution in [1.29, 1.82) is 0 Å². The highest BCUT2D eigenvalue weighted by Crippen LogP contribution is 2.49. The number of hydrogen-bond acceptors (Lipinski definition) is 5. The van der Waals surface area contributed by atoms with Gasteiger partial charge in [0.15, 0.2) is 17.7 Å². The summed E-state index contributed by atoms with van der Waals surface area (Å²) < 4.78 is 18.0. The molecule has 0 aliphatic carbocycles. The molecule has 0 spiro atoms. The molecule has 5 rings (SSSR count). The fraction of sp³-hybridized carbons (Fsp3) is 0.231. The monoisotopic (exact) mass is 448 g/mol. The van der Waals surface area contributed by atoms with Gasteiger partial charge < -0.3 is 19.6 Å². The maximum Gasteiger partial charge on any atom is 0.196 e. The van der Waals surface area contributed by atoms with Crippen molar-refractivity contribution in [3.8, 4) is 17.2 Å². The summed E-state index contributed by atoms with van der Waals surface area (Å²) in [4.78, 5) is 0. The second-order valence-corrected chi connectivity index (χ2v) is 8.07. The number of rotatable bonds is 6. The number of hydrazine groups is 1. The van der Waals surface area contributed by atoms with Crippen LogP contribution in [0.3, 0.4) is 0 Å².